The van der Waals surface area contributed by atoms with Gasteiger partial charge in [0.15, 0.2) is 11.6 Å². The van der Waals surface area contributed by atoms with E-state index < -0.39 is 29.6 Å². The molecule has 2 aliphatic rings. The van der Waals surface area contributed by atoms with Gasteiger partial charge in [-0.1, -0.05) is 0 Å². The summed E-state index contributed by atoms with van der Waals surface area (Å²) in [5.41, 5.74) is 0.489. The van der Waals surface area contributed by atoms with Gasteiger partial charge in [0.1, 0.15) is 6.04 Å². The second-order valence-corrected chi connectivity index (χ2v) is 6.37. The zero-order chi connectivity index (χ0) is 19.6. The van der Waals surface area contributed by atoms with Crippen LogP contribution in [0.2, 0.25) is 0 Å². The van der Waals surface area contributed by atoms with Crippen molar-refractivity contribution in [3.8, 4) is 5.75 Å². The lowest BCUT2D eigenvalue weighted by molar-refractivity contribution is -0.131. The van der Waals surface area contributed by atoms with E-state index in [1.54, 1.807) is 4.90 Å². The van der Waals surface area contributed by atoms with Gasteiger partial charge in [-0.2, -0.15) is 4.39 Å². The molecule has 1 atom stereocenters. The highest BCUT2D eigenvalue weighted by Crippen LogP contribution is 2.28. The molecule has 0 aliphatic carbocycles. The molecular formula is C17H20F2N4O4. The highest BCUT2D eigenvalue weighted by Gasteiger charge is 2.30. The minimum absolute atomic E-state index is 0.119. The Bertz CT molecular complexity index is 766. The Morgan fingerprint density at radius 3 is 2.52 bits per heavy atom. The number of ether oxygens (including phenoxy) is 1. The lowest BCUT2D eigenvalue weighted by atomic mass is 10.1. The van der Waals surface area contributed by atoms with Gasteiger partial charge in [-0.3, -0.25) is 14.9 Å². The van der Waals surface area contributed by atoms with Gasteiger partial charge in [-0.25, -0.2) is 9.18 Å². The van der Waals surface area contributed by atoms with Crippen molar-refractivity contribution < 1.29 is 27.9 Å². The molecule has 27 heavy (non-hydrogen) atoms. The molecule has 2 fully saturated rings. The summed E-state index contributed by atoms with van der Waals surface area (Å²) in [7, 11) is 1.27. The number of hydrogen-bond acceptors (Lipinski definition) is 5. The molecule has 2 saturated heterocycles. The van der Waals surface area contributed by atoms with E-state index in [2.05, 4.69) is 10.6 Å². The third-order valence-corrected chi connectivity index (χ3v) is 4.70. The number of carbonyl (C=O) groups excluding carboxylic acids is 3. The third-order valence-electron chi connectivity index (χ3n) is 4.70. The molecular weight excluding hydrogens is 362 g/mol. The van der Waals surface area contributed by atoms with Crippen LogP contribution in [0.25, 0.3) is 0 Å². The minimum atomic E-state index is -1.03. The van der Waals surface area contributed by atoms with Crippen LogP contribution in [0.5, 0.6) is 5.75 Å². The van der Waals surface area contributed by atoms with Crippen molar-refractivity contribution in [1.29, 1.82) is 0 Å². The lowest BCUT2D eigenvalue weighted by Crippen LogP contribution is -2.49. The molecule has 0 radical (unpaired) electrons. The Hall–Kier alpha value is -2.91. The van der Waals surface area contributed by atoms with Crippen molar-refractivity contribution in [3.63, 3.8) is 0 Å². The Labute approximate surface area is 154 Å². The highest BCUT2D eigenvalue weighted by molar-refractivity contribution is 6.04. The molecule has 3 rings (SSSR count). The maximum atomic E-state index is 13.7. The highest BCUT2D eigenvalue weighted by atomic mass is 19.2. The zero-order valence-corrected chi connectivity index (χ0v) is 14.8. The Morgan fingerprint density at radius 1 is 1.22 bits per heavy atom. The van der Waals surface area contributed by atoms with Gasteiger partial charge in [-0.05, 0) is 6.42 Å². The number of halogens is 2. The predicted molar refractivity (Wildman–Crippen MR) is 91.4 cm³/mol. The summed E-state index contributed by atoms with van der Waals surface area (Å²) in [4.78, 5) is 38.4. The van der Waals surface area contributed by atoms with E-state index in [1.807, 2.05) is 4.90 Å². The SMILES string of the molecule is COc1cc(N2CCN(C(=O)CC[C@H]3NC(=O)NC3=O)CC2)cc(F)c1F. The van der Waals surface area contributed by atoms with E-state index in [1.165, 1.54) is 13.2 Å². The summed E-state index contributed by atoms with van der Waals surface area (Å²) in [6.07, 6.45) is 0.369. The fourth-order valence-electron chi connectivity index (χ4n) is 3.18. The number of urea groups is 1. The van der Waals surface area contributed by atoms with Crippen molar-refractivity contribution in [3.05, 3.63) is 23.8 Å². The van der Waals surface area contributed by atoms with Crippen molar-refractivity contribution in [2.24, 2.45) is 0 Å². The van der Waals surface area contributed by atoms with Gasteiger partial charge in [0.05, 0.1) is 7.11 Å². The molecule has 8 nitrogen and oxygen atoms in total. The van der Waals surface area contributed by atoms with Crippen LogP contribution in [-0.4, -0.2) is 62.1 Å². The zero-order valence-electron chi connectivity index (χ0n) is 14.8. The van der Waals surface area contributed by atoms with Crippen molar-refractivity contribution in [2.45, 2.75) is 18.9 Å². The first-order valence-corrected chi connectivity index (χ1v) is 8.56. The number of carbonyl (C=O) groups is 3. The molecule has 0 bridgehead atoms. The first kappa shape index (κ1) is 18.9. The predicted octanol–water partition coefficient (Wildman–Crippen LogP) is 0.610. The van der Waals surface area contributed by atoms with E-state index >= 15 is 0 Å². The summed E-state index contributed by atoms with van der Waals surface area (Å²) in [5.74, 6) is -2.73. The Morgan fingerprint density at radius 2 is 1.93 bits per heavy atom. The fraction of sp³-hybridized carbons (Fsp3) is 0.471. The Kier molecular flexibility index (Phi) is 5.43. The second kappa shape index (κ2) is 7.77. The molecule has 0 saturated carbocycles. The molecule has 2 N–H and O–H groups in total. The molecule has 0 spiro atoms. The van der Waals surface area contributed by atoms with Gasteiger partial charge in [-0.15, -0.1) is 0 Å². The van der Waals surface area contributed by atoms with Crippen LogP contribution >= 0.6 is 0 Å². The largest absolute Gasteiger partial charge is 0.493 e. The van der Waals surface area contributed by atoms with Gasteiger partial charge in [0.25, 0.3) is 5.91 Å². The van der Waals surface area contributed by atoms with Crippen molar-refractivity contribution >= 4 is 23.5 Å². The summed E-state index contributed by atoms with van der Waals surface area (Å²) in [6.45, 7) is 1.76. The number of piperazine rings is 1. The third kappa shape index (κ3) is 4.09. The van der Waals surface area contributed by atoms with Crippen LogP contribution in [0.3, 0.4) is 0 Å². The van der Waals surface area contributed by atoms with Gasteiger partial charge in [0.2, 0.25) is 11.7 Å². The number of nitrogens with zero attached hydrogens (tertiary/aromatic N) is 2. The normalized spacial score (nSPS) is 19.7. The molecule has 2 aliphatic heterocycles. The van der Waals surface area contributed by atoms with Crippen LogP contribution in [-0.2, 0) is 9.59 Å². The number of anilines is 1. The summed E-state index contributed by atoms with van der Waals surface area (Å²) in [5, 5.41) is 4.58. The molecule has 146 valence electrons. The molecule has 0 unspecified atom stereocenters. The lowest BCUT2D eigenvalue weighted by Gasteiger charge is -2.36. The topological polar surface area (TPSA) is 91.0 Å². The van der Waals surface area contributed by atoms with Crippen LogP contribution in [0.15, 0.2) is 12.1 Å². The van der Waals surface area contributed by atoms with E-state index in [0.29, 0.717) is 31.9 Å². The molecule has 1 aromatic rings. The fourth-order valence-corrected chi connectivity index (χ4v) is 3.18. The molecule has 4 amide bonds. The second-order valence-electron chi connectivity index (χ2n) is 6.37. The minimum Gasteiger partial charge on any atom is -0.493 e. The van der Waals surface area contributed by atoms with Crippen molar-refractivity contribution in [1.82, 2.24) is 15.5 Å². The average molecular weight is 382 g/mol. The van der Waals surface area contributed by atoms with Gasteiger partial charge >= 0.3 is 6.03 Å². The Balaban J connectivity index is 1.53. The number of methoxy groups -OCH3 is 1. The maximum Gasteiger partial charge on any atom is 0.322 e. The molecule has 1 aromatic carbocycles. The number of hydrogen-bond donors (Lipinski definition) is 2. The molecule has 0 aromatic heterocycles. The number of amides is 4. The van der Waals surface area contributed by atoms with E-state index in [0.717, 1.165) is 6.07 Å². The number of rotatable bonds is 5. The smallest absolute Gasteiger partial charge is 0.322 e. The van der Waals surface area contributed by atoms with E-state index in [-0.39, 0.29) is 24.5 Å². The van der Waals surface area contributed by atoms with E-state index in [9.17, 15) is 23.2 Å². The van der Waals surface area contributed by atoms with Crippen molar-refractivity contribution in [2.75, 3.05) is 38.2 Å². The number of nitrogens with one attached hydrogen (secondary N) is 2. The maximum absolute atomic E-state index is 13.7. The molecule has 2 heterocycles. The van der Waals surface area contributed by atoms with Gasteiger partial charge in [0, 0.05) is 50.4 Å². The standard InChI is InChI=1S/C17H20F2N4O4/c1-27-13-9-10(8-11(18)15(13)19)22-4-6-23(7-5-22)14(24)3-2-12-16(25)21-17(26)20-12/h8-9,12H,2-7H2,1H3,(H2,20,21,25,26)/t12-/m1/s1. The summed E-state index contributed by atoms with van der Waals surface area (Å²) in [6, 6.07) is 1.30. The number of benzene rings is 1. The molecule has 10 heteroatoms. The van der Waals surface area contributed by atoms with Crippen LogP contribution in [0.1, 0.15) is 12.8 Å². The van der Waals surface area contributed by atoms with Crippen LogP contribution < -0.4 is 20.3 Å². The monoisotopic (exact) mass is 382 g/mol. The summed E-state index contributed by atoms with van der Waals surface area (Å²) >= 11 is 0. The first-order valence-electron chi connectivity index (χ1n) is 8.56. The van der Waals surface area contributed by atoms with Crippen LogP contribution in [0.4, 0.5) is 19.3 Å². The average Bonchev–Trinajstić information content (AvgIpc) is 2.99. The summed E-state index contributed by atoms with van der Waals surface area (Å²) < 4.78 is 32.1. The van der Waals surface area contributed by atoms with E-state index in [4.69, 9.17) is 4.74 Å². The number of imide groups is 1. The first-order chi connectivity index (χ1) is 12.9. The van der Waals surface area contributed by atoms with Crippen LogP contribution in [0, 0.1) is 11.6 Å². The van der Waals surface area contributed by atoms with Gasteiger partial charge < -0.3 is 19.9 Å². The quantitative estimate of drug-likeness (QED) is 0.729.